The molecule has 0 radical (unpaired) electrons. The molecule has 1 saturated heterocycles. The molecule has 1 aliphatic rings. The molecule has 0 aromatic rings. The SMILES string of the molecule is COCCC[C@@]1(C(=O)O)CCCN(C(=O)CSC)C1. The number of likely N-dealkylation sites (tertiary alicyclic amines) is 1. The number of amides is 1. The van der Waals surface area contributed by atoms with Gasteiger partial charge in [-0.05, 0) is 31.9 Å². The van der Waals surface area contributed by atoms with Crippen LogP contribution in [-0.2, 0) is 14.3 Å². The lowest BCUT2D eigenvalue weighted by molar-refractivity contribution is -0.155. The summed E-state index contributed by atoms with van der Waals surface area (Å²) in [5.74, 6) is -0.317. The molecule has 0 aromatic carbocycles. The van der Waals surface area contributed by atoms with Crippen LogP contribution in [0.3, 0.4) is 0 Å². The molecule has 5 nitrogen and oxygen atoms in total. The third kappa shape index (κ3) is 4.38. The van der Waals surface area contributed by atoms with Crippen LogP contribution >= 0.6 is 11.8 Å². The van der Waals surface area contributed by atoms with E-state index in [-0.39, 0.29) is 5.91 Å². The molecule has 0 aliphatic carbocycles. The molecule has 1 rings (SSSR count). The van der Waals surface area contributed by atoms with E-state index >= 15 is 0 Å². The van der Waals surface area contributed by atoms with Crippen LogP contribution in [0.25, 0.3) is 0 Å². The minimum Gasteiger partial charge on any atom is -0.481 e. The number of carboxylic acid groups (broad SMARTS) is 1. The number of carbonyl (C=O) groups is 2. The third-order valence-electron chi connectivity index (χ3n) is 3.65. The molecule has 1 atom stereocenters. The molecule has 0 saturated carbocycles. The Morgan fingerprint density at radius 1 is 1.47 bits per heavy atom. The van der Waals surface area contributed by atoms with Crippen LogP contribution in [0.4, 0.5) is 0 Å². The number of aliphatic carboxylic acids is 1. The van der Waals surface area contributed by atoms with Gasteiger partial charge in [0.2, 0.25) is 5.91 Å². The number of carboxylic acids is 1. The Hall–Kier alpha value is -0.750. The van der Waals surface area contributed by atoms with Crippen molar-refractivity contribution in [3.8, 4) is 0 Å². The molecule has 1 amide bonds. The zero-order valence-electron chi connectivity index (χ0n) is 11.7. The first-order valence-corrected chi connectivity index (χ1v) is 7.94. The zero-order valence-corrected chi connectivity index (χ0v) is 12.5. The maximum absolute atomic E-state index is 11.9. The molecule has 1 heterocycles. The molecule has 6 heteroatoms. The van der Waals surface area contributed by atoms with Crippen LogP contribution in [0.2, 0.25) is 0 Å². The third-order valence-corrected chi connectivity index (χ3v) is 4.19. The molecule has 1 fully saturated rings. The number of hydrogen-bond acceptors (Lipinski definition) is 4. The van der Waals surface area contributed by atoms with Crippen molar-refractivity contribution in [2.24, 2.45) is 5.41 Å². The lowest BCUT2D eigenvalue weighted by Gasteiger charge is -2.40. The van der Waals surface area contributed by atoms with Crippen LogP contribution in [-0.4, -0.2) is 60.7 Å². The van der Waals surface area contributed by atoms with Crippen molar-refractivity contribution in [2.45, 2.75) is 25.7 Å². The summed E-state index contributed by atoms with van der Waals surface area (Å²) in [5.41, 5.74) is -0.787. The minimum atomic E-state index is -0.787. The summed E-state index contributed by atoms with van der Waals surface area (Å²) < 4.78 is 4.99. The van der Waals surface area contributed by atoms with Gasteiger partial charge in [0.1, 0.15) is 0 Å². The standard InChI is InChI=1S/C13H23NO4S/c1-18-8-4-6-13(12(16)17)5-3-7-14(10-13)11(15)9-19-2/h3-10H2,1-2H3,(H,16,17)/t13-/m0/s1. The van der Waals surface area contributed by atoms with Crippen molar-refractivity contribution in [3.63, 3.8) is 0 Å². The van der Waals surface area contributed by atoms with Crippen LogP contribution in [0.15, 0.2) is 0 Å². The van der Waals surface area contributed by atoms with Gasteiger partial charge in [0.25, 0.3) is 0 Å². The smallest absolute Gasteiger partial charge is 0.311 e. The van der Waals surface area contributed by atoms with E-state index in [2.05, 4.69) is 0 Å². The van der Waals surface area contributed by atoms with E-state index in [9.17, 15) is 14.7 Å². The molecule has 19 heavy (non-hydrogen) atoms. The molecule has 0 unspecified atom stereocenters. The van der Waals surface area contributed by atoms with Gasteiger partial charge in [-0.25, -0.2) is 0 Å². The molecular weight excluding hydrogens is 266 g/mol. The van der Waals surface area contributed by atoms with Crippen molar-refractivity contribution < 1.29 is 19.4 Å². The quantitative estimate of drug-likeness (QED) is 0.719. The van der Waals surface area contributed by atoms with Crippen molar-refractivity contribution in [3.05, 3.63) is 0 Å². The van der Waals surface area contributed by atoms with Gasteiger partial charge < -0.3 is 14.7 Å². The predicted molar refractivity (Wildman–Crippen MR) is 75.4 cm³/mol. The van der Waals surface area contributed by atoms with E-state index in [4.69, 9.17) is 4.74 Å². The first kappa shape index (κ1) is 16.3. The predicted octanol–water partition coefficient (Wildman–Crippen LogP) is 1.47. The van der Waals surface area contributed by atoms with Gasteiger partial charge in [-0.1, -0.05) is 0 Å². The second kappa shape index (κ2) is 7.75. The second-order valence-corrected chi connectivity index (χ2v) is 5.90. The highest BCUT2D eigenvalue weighted by molar-refractivity contribution is 7.99. The van der Waals surface area contributed by atoms with Crippen LogP contribution in [0.1, 0.15) is 25.7 Å². The minimum absolute atomic E-state index is 0.0459. The molecule has 1 aliphatic heterocycles. The van der Waals surface area contributed by atoms with E-state index in [1.54, 1.807) is 12.0 Å². The van der Waals surface area contributed by atoms with E-state index in [1.807, 2.05) is 6.26 Å². The van der Waals surface area contributed by atoms with Gasteiger partial charge >= 0.3 is 5.97 Å². The Kier molecular flexibility index (Phi) is 6.65. The van der Waals surface area contributed by atoms with Gasteiger partial charge in [0.15, 0.2) is 0 Å². The fourth-order valence-electron chi connectivity index (χ4n) is 2.60. The lowest BCUT2D eigenvalue weighted by atomic mass is 9.76. The van der Waals surface area contributed by atoms with Crippen molar-refractivity contribution >= 4 is 23.6 Å². The van der Waals surface area contributed by atoms with Gasteiger partial charge in [0, 0.05) is 26.8 Å². The number of methoxy groups -OCH3 is 1. The molecule has 0 spiro atoms. The van der Waals surface area contributed by atoms with E-state index in [1.165, 1.54) is 11.8 Å². The molecule has 110 valence electrons. The highest BCUT2D eigenvalue weighted by Crippen LogP contribution is 2.35. The summed E-state index contributed by atoms with van der Waals surface area (Å²) in [6.07, 6.45) is 4.58. The van der Waals surface area contributed by atoms with E-state index < -0.39 is 11.4 Å². The summed E-state index contributed by atoms with van der Waals surface area (Å²) in [5, 5.41) is 9.53. The normalized spacial score (nSPS) is 23.4. The first-order valence-electron chi connectivity index (χ1n) is 6.55. The van der Waals surface area contributed by atoms with Crippen molar-refractivity contribution in [1.29, 1.82) is 0 Å². The Morgan fingerprint density at radius 3 is 2.79 bits per heavy atom. The Bertz CT molecular complexity index is 324. The highest BCUT2D eigenvalue weighted by atomic mass is 32.2. The molecular formula is C13H23NO4S. The number of nitrogens with zero attached hydrogens (tertiary/aromatic N) is 1. The van der Waals surface area contributed by atoms with Crippen molar-refractivity contribution in [1.82, 2.24) is 4.90 Å². The fraction of sp³-hybridized carbons (Fsp3) is 0.846. The molecule has 0 aromatic heterocycles. The number of ether oxygens (including phenoxy) is 1. The van der Waals surface area contributed by atoms with Gasteiger partial charge in [-0.15, -0.1) is 0 Å². The number of piperidine rings is 1. The monoisotopic (exact) mass is 289 g/mol. The number of carbonyl (C=O) groups excluding carboxylic acids is 1. The maximum Gasteiger partial charge on any atom is 0.311 e. The summed E-state index contributed by atoms with van der Waals surface area (Å²) >= 11 is 1.47. The zero-order chi connectivity index (χ0) is 14.3. The largest absolute Gasteiger partial charge is 0.481 e. The fourth-order valence-corrected chi connectivity index (χ4v) is 3.03. The summed E-state index contributed by atoms with van der Waals surface area (Å²) in [4.78, 5) is 25.2. The number of hydrogen-bond donors (Lipinski definition) is 1. The van der Waals surface area contributed by atoms with Gasteiger partial charge in [-0.2, -0.15) is 11.8 Å². The number of thioether (sulfide) groups is 1. The van der Waals surface area contributed by atoms with Gasteiger partial charge in [-0.3, -0.25) is 9.59 Å². The average molecular weight is 289 g/mol. The van der Waals surface area contributed by atoms with Crippen LogP contribution in [0, 0.1) is 5.41 Å². The Morgan fingerprint density at radius 2 is 2.21 bits per heavy atom. The summed E-state index contributed by atoms with van der Waals surface area (Å²) in [6.45, 7) is 1.58. The Labute approximate surface area is 118 Å². The van der Waals surface area contributed by atoms with Crippen molar-refractivity contribution in [2.75, 3.05) is 38.8 Å². The molecule has 1 N–H and O–H groups in total. The number of rotatable bonds is 7. The lowest BCUT2D eigenvalue weighted by Crippen LogP contribution is -2.50. The molecule has 0 bridgehead atoms. The first-order chi connectivity index (χ1) is 9.05. The summed E-state index contributed by atoms with van der Waals surface area (Å²) in [6, 6.07) is 0. The van der Waals surface area contributed by atoms with Crippen LogP contribution in [0.5, 0.6) is 0 Å². The van der Waals surface area contributed by atoms with Gasteiger partial charge in [0.05, 0.1) is 11.2 Å². The summed E-state index contributed by atoms with van der Waals surface area (Å²) in [7, 11) is 1.61. The van der Waals surface area contributed by atoms with E-state index in [0.717, 1.165) is 6.42 Å². The Balaban J connectivity index is 2.69. The van der Waals surface area contributed by atoms with Crippen LogP contribution < -0.4 is 0 Å². The van der Waals surface area contributed by atoms with E-state index in [0.29, 0.717) is 44.7 Å². The second-order valence-electron chi connectivity index (χ2n) is 5.03. The highest BCUT2D eigenvalue weighted by Gasteiger charge is 2.42. The topological polar surface area (TPSA) is 66.8 Å². The average Bonchev–Trinajstić information content (AvgIpc) is 2.39. The maximum atomic E-state index is 11.9.